The summed E-state index contributed by atoms with van der Waals surface area (Å²) in [6, 6.07) is 0. The van der Waals surface area contributed by atoms with Gasteiger partial charge in [0.15, 0.2) is 0 Å². The minimum absolute atomic E-state index is 0.0835. The lowest BCUT2D eigenvalue weighted by Crippen LogP contribution is -2.38. The van der Waals surface area contributed by atoms with Crippen LogP contribution in [0.3, 0.4) is 0 Å². The van der Waals surface area contributed by atoms with Crippen LogP contribution in [0.4, 0.5) is 0 Å². The molecule has 1 fully saturated rings. The van der Waals surface area contributed by atoms with E-state index in [0.29, 0.717) is 0 Å². The molecule has 2 heterocycles. The van der Waals surface area contributed by atoms with E-state index in [0.717, 1.165) is 44.9 Å². The molecule has 5 heteroatoms. The van der Waals surface area contributed by atoms with Gasteiger partial charge in [-0.15, -0.1) is 0 Å². The first-order chi connectivity index (χ1) is 8.21. The molecule has 0 unspecified atom stereocenters. The molecule has 17 heavy (non-hydrogen) atoms. The zero-order chi connectivity index (χ0) is 12.3. The Kier molecular flexibility index (Phi) is 3.99. The molecule has 2 rings (SSSR count). The molecule has 0 radical (unpaired) electrons. The van der Waals surface area contributed by atoms with E-state index >= 15 is 0 Å². The minimum Gasteiger partial charge on any atom is -0.381 e. The molecule has 0 N–H and O–H groups in total. The van der Waals surface area contributed by atoms with Gasteiger partial charge < -0.3 is 4.74 Å². The zero-order valence-electron chi connectivity index (χ0n) is 10.3. The Hall–Kier alpha value is -0.680. The second-order valence-corrected chi connectivity index (χ2v) is 5.08. The number of aromatic nitrogens is 2. The van der Waals surface area contributed by atoms with Crippen LogP contribution in [0.2, 0.25) is 0 Å². The highest BCUT2D eigenvalue weighted by Gasteiger charge is 2.32. The number of nitrogens with zero attached hydrogens (tertiary/aromatic N) is 2. The number of ether oxygens (including phenoxy) is 1. The zero-order valence-corrected chi connectivity index (χ0v) is 11.2. The Morgan fingerprint density at radius 1 is 1.35 bits per heavy atom. The molecule has 0 amide bonds. The van der Waals surface area contributed by atoms with Crippen LogP contribution < -0.4 is 5.69 Å². The van der Waals surface area contributed by atoms with Crippen LogP contribution in [-0.2, 0) is 17.8 Å². The smallest absolute Gasteiger partial charge is 0.328 e. The van der Waals surface area contributed by atoms with Crippen molar-refractivity contribution in [2.75, 3.05) is 19.0 Å². The topological polar surface area (TPSA) is 36.2 Å². The minimum atomic E-state index is 0.0835. The van der Waals surface area contributed by atoms with E-state index in [1.54, 1.807) is 4.57 Å². The van der Waals surface area contributed by atoms with Crippen LogP contribution in [0.1, 0.15) is 19.8 Å². The van der Waals surface area contributed by atoms with Gasteiger partial charge in [0.2, 0.25) is 0 Å². The number of imidazole rings is 1. The number of hydrogen-bond donors (Lipinski definition) is 1. The maximum absolute atomic E-state index is 12.0. The summed E-state index contributed by atoms with van der Waals surface area (Å²) >= 11 is 4.47. The summed E-state index contributed by atoms with van der Waals surface area (Å²) in [5, 5.41) is 0. The molecule has 0 aliphatic carbocycles. The molecule has 1 aromatic rings. The van der Waals surface area contributed by atoms with Crippen LogP contribution in [0.5, 0.6) is 0 Å². The Balaban J connectivity index is 2.17. The first-order valence-electron chi connectivity index (χ1n) is 6.15. The van der Waals surface area contributed by atoms with E-state index in [9.17, 15) is 4.79 Å². The van der Waals surface area contributed by atoms with Gasteiger partial charge in [-0.1, -0.05) is 0 Å². The Morgan fingerprint density at radius 3 is 2.53 bits per heavy atom. The van der Waals surface area contributed by atoms with Crippen LogP contribution in [-0.4, -0.2) is 28.1 Å². The van der Waals surface area contributed by atoms with Crippen LogP contribution >= 0.6 is 12.6 Å². The fourth-order valence-corrected chi connectivity index (χ4v) is 2.76. The maximum atomic E-state index is 12.0. The molecule has 0 aromatic carbocycles. The monoisotopic (exact) mass is 256 g/mol. The first-order valence-corrected chi connectivity index (χ1v) is 6.78. The van der Waals surface area contributed by atoms with E-state index in [1.807, 2.05) is 23.9 Å². The number of aryl methyl sites for hydroxylation is 1. The van der Waals surface area contributed by atoms with Crippen molar-refractivity contribution < 1.29 is 4.74 Å². The Bertz CT molecular complexity index is 418. The highest BCUT2D eigenvalue weighted by molar-refractivity contribution is 7.80. The highest BCUT2D eigenvalue weighted by Crippen LogP contribution is 2.33. The lowest BCUT2D eigenvalue weighted by Gasteiger charge is -2.35. The summed E-state index contributed by atoms with van der Waals surface area (Å²) in [5.74, 6) is 0.806. The van der Waals surface area contributed by atoms with E-state index in [2.05, 4.69) is 12.6 Å². The molecule has 1 aliphatic rings. The number of thiol groups is 1. The second kappa shape index (κ2) is 5.31. The van der Waals surface area contributed by atoms with Crippen molar-refractivity contribution in [2.45, 2.75) is 32.9 Å². The Morgan fingerprint density at radius 2 is 2.00 bits per heavy atom. The van der Waals surface area contributed by atoms with Gasteiger partial charge in [-0.2, -0.15) is 12.6 Å². The third-order valence-corrected chi connectivity index (χ3v) is 4.32. The SMILES string of the molecule is CCn1ccn(CC2(CS)CCOCC2)c1=O. The molecular formula is C12H20N2O2S. The third kappa shape index (κ3) is 2.60. The maximum Gasteiger partial charge on any atom is 0.328 e. The van der Waals surface area contributed by atoms with E-state index in [-0.39, 0.29) is 11.1 Å². The fraction of sp³-hybridized carbons (Fsp3) is 0.750. The second-order valence-electron chi connectivity index (χ2n) is 4.77. The van der Waals surface area contributed by atoms with Crippen LogP contribution in [0, 0.1) is 5.41 Å². The van der Waals surface area contributed by atoms with Gasteiger partial charge in [-0.05, 0) is 25.5 Å². The van der Waals surface area contributed by atoms with Gasteiger partial charge in [0, 0.05) is 44.1 Å². The lowest BCUT2D eigenvalue weighted by atomic mass is 9.82. The summed E-state index contributed by atoms with van der Waals surface area (Å²) in [7, 11) is 0. The van der Waals surface area contributed by atoms with Gasteiger partial charge >= 0.3 is 5.69 Å². The van der Waals surface area contributed by atoms with Crippen LogP contribution in [0.15, 0.2) is 17.2 Å². The molecule has 1 saturated heterocycles. The fourth-order valence-electron chi connectivity index (χ4n) is 2.35. The van der Waals surface area contributed by atoms with Crippen molar-refractivity contribution in [3.63, 3.8) is 0 Å². The third-order valence-electron chi connectivity index (χ3n) is 3.65. The number of hydrogen-bond acceptors (Lipinski definition) is 3. The summed E-state index contributed by atoms with van der Waals surface area (Å²) in [6.07, 6.45) is 5.71. The van der Waals surface area contributed by atoms with Crippen molar-refractivity contribution in [3.05, 3.63) is 22.9 Å². The average molecular weight is 256 g/mol. The van der Waals surface area contributed by atoms with Gasteiger partial charge in [0.05, 0.1) is 0 Å². The van der Waals surface area contributed by atoms with Gasteiger partial charge in [-0.3, -0.25) is 9.13 Å². The van der Waals surface area contributed by atoms with Crippen molar-refractivity contribution in [3.8, 4) is 0 Å². The summed E-state index contributed by atoms with van der Waals surface area (Å²) in [5.41, 5.74) is 0.200. The van der Waals surface area contributed by atoms with Crippen molar-refractivity contribution in [1.29, 1.82) is 0 Å². The average Bonchev–Trinajstić information content (AvgIpc) is 2.71. The molecule has 96 valence electrons. The van der Waals surface area contributed by atoms with Gasteiger partial charge in [0.25, 0.3) is 0 Å². The molecule has 0 spiro atoms. The predicted molar refractivity (Wildman–Crippen MR) is 70.7 cm³/mol. The molecule has 0 atom stereocenters. The predicted octanol–water partition coefficient (Wildman–Crippen LogP) is 1.40. The standard InChI is InChI=1S/C12H20N2O2S/c1-2-13-5-6-14(11(13)15)9-12(10-17)3-7-16-8-4-12/h5-6,17H,2-4,7-10H2,1H3. The van der Waals surface area contributed by atoms with Gasteiger partial charge in [-0.25, -0.2) is 4.79 Å². The van der Waals surface area contributed by atoms with Crippen molar-refractivity contribution in [2.24, 2.45) is 5.41 Å². The molecule has 1 aliphatic heterocycles. The lowest BCUT2D eigenvalue weighted by molar-refractivity contribution is 0.0177. The highest BCUT2D eigenvalue weighted by atomic mass is 32.1. The Labute approximate surface area is 107 Å². The molecule has 0 saturated carbocycles. The largest absolute Gasteiger partial charge is 0.381 e. The van der Waals surface area contributed by atoms with Gasteiger partial charge in [0.1, 0.15) is 0 Å². The molecular weight excluding hydrogens is 236 g/mol. The van der Waals surface area contributed by atoms with E-state index in [1.165, 1.54) is 0 Å². The quantitative estimate of drug-likeness (QED) is 0.827. The molecule has 0 bridgehead atoms. The van der Waals surface area contributed by atoms with Crippen molar-refractivity contribution in [1.82, 2.24) is 9.13 Å². The normalized spacial score (nSPS) is 19.4. The molecule has 4 nitrogen and oxygen atoms in total. The summed E-state index contributed by atoms with van der Waals surface area (Å²) in [4.78, 5) is 12.0. The van der Waals surface area contributed by atoms with E-state index in [4.69, 9.17) is 4.74 Å². The van der Waals surface area contributed by atoms with Crippen LogP contribution in [0.25, 0.3) is 0 Å². The van der Waals surface area contributed by atoms with Crippen molar-refractivity contribution >= 4 is 12.6 Å². The van der Waals surface area contributed by atoms with E-state index < -0.39 is 0 Å². The summed E-state index contributed by atoms with van der Waals surface area (Å²) in [6.45, 7) is 5.02. The first kappa shape index (κ1) is 12.8. The number of rotatable bonds is 4. The molecule has 1 aromatic heterocycles. The summed E-state index contributed by atoms with van der Waals surface area (Å²) < 4.78 is 8.93.